The molecule has 2 rings (SSSR count). The molecular formula is C14H19N3O2. The lowest BCUT2D eigenvalue weighted by Gasteiger charge is -2.09. The molecule has 0 amide bonds. The lowest BCUT2D eigenvalue weighted by Crippen LogP contribution is -2.18. The Hall–Kier alpha value is -1.88. The summed E-state index contributed by atoms with van der Waals surface area (Å²) in [5, 5.41) is 3.93. The Morgan fingerprint density at radius 1 is 1.26 bits per heavy atom. The number of hydrogen-bond acceptors (Lipinski definition) is 5. The molecule has 19 heavy (non-hydrogen) atoms. The topological polar surface area (TPSA) is 74.2 Å². The maximum Gasteiger partial charge on any atom is 0.231 e. The fourth-order valence-corrected chi connectivity index (χ4v) is 1.69. The first-order valence-electron chi connectivity index (χ1n) is 6.31. The first-order valence-corrected chi connectivity index (χ1v) is 6.31. The zero-order valence-corrected chi connectivity index (χ0v) is 11.5. The van der Waals surface area contributed by atoms with Gasteiger partial charge in [0.15, 0.2) is 5.82 Å². The largest absolute Gasteiger partial charge is 0.497 e. The Morgan fingerprint density at radius 3 is 2.53 bits per heavy atom. The van der Waals surface area contributed by atoms with Crippen molar-refractivity contribution in [2.75, 3.05) is 7.11 Å². The zero-order valence-electron chi connectivity index (χ0n) is 11.5. The van der Waals surface area contributed by atoms with E-state index < -0.39 is 0 Å². The van der Waals surface area contributed by atoms with E-state index >= 15 is 0 Å². The van der Waals surface area contributed by atoms with Crippen LogP contribution in [-0.2, 0) is 6.42 Å². The number of hydrogen-bond donors (Lipinski definition) is 1. The van der Waals surface area contributed by atoms with Crippen LogP contribution in [0.25, 0.3) is 0 Å². The van der Waals surface area contributed by atoms with Gasteiger partial charge in [0.1, 0.15) is 5.75 Å². The smallest absolute Gasteiger partial charge is 0.231 e. The highest BCUT2D eigenvalue weighted by Crippen LogP contribution is 2.18. The summed E-state index contributed by atoms with van der Waals surface area (Å²) in [5.74, 6) is 2.26. The molecule has 0 aliphatic carbocycles. The van der Waals surface area contributed by atoms with Gasteiger partial charge in [-0.05, 0) is 23.6 Å². The van der Waals surface area contributed by atoms with Crippen molar-refractivity contribution in [3.8, 4) is 5.75 Å². The normalized spacial score (nSPS) is 12.7. The number of methoxy groups -OCH3 is 1. The van der Waals surface area contributed by atoms with E-state index in [4.69, 9.17) is 15.0 Å². The van der Waals surface area contributed by atoms with Crippen molar-refractivity contribution in [3.63, 3.8) is 0 Å². The molecule has 0 aliphatic heterocycles. The van der Waals surface area contributed by atoms with Gasteiger partial charge in [0, 0.05) is 0 Å². The fraction of sp³-hybridized carbons (Fsp3) is 0.429. The van der Waals surface area contributed by atoms with Gasteiger partial charge in [0.25, 0.3) is 0 Å². The minimum absolute atomic E-state index is 0.187. The van der Waals surface area contributed by atoms with Gasteiger partial charge in [0.05, 0.1) is 19.6 Å². The molecule has 0 fully saturated rings. The third kappa shape index (κ3) is 3.32. The lowest BCUT2D eigenvalue weighted by atomic mass is 10.1. The molecule has 0 radical (unpaired) electrons. The summed E-state index contributed by atoms with van der Waals surface area (Å²) >= 11 is 0. The van der Waals surface area contributed by atoms with Crippen LogP contribution in [0.1, 0.15) is 37.2 Å². The van der Waals surface area contributed by atoms with E-state index in [2.05, 4.69) is 10.1 Å². The Labute approximate surface area is 112 Å². The minimum atomic E-state index is -0.187. The van der Waals surface area contributed by atoms with E-state index in [-0.39, 0.29) is 12.0 Å². The van der Waals surface area contributed by atoms with Crippen LogP contribution in [0.4, 0.5) is 0 Å². The van der Waals surface area contributed by atoms with E-state index in [1.807, 2.05) is 38.1 Å². The van der Waals surface area contributed by atoms with Crippen molar-refractivity contribution in [1.29, 1.82) is 0 Å². The molecule has 2 N–H and O–H groups in total. The van der Waals surface area contributed by atoms with Crippen molar-refractivity contribution >= 4 is 0 Å². The summed E-state index contributed by atoms with van der Waals surface area (Å²) in [6, 6.07) is 7.59. The van der Waals surface area contributed by atoms with Crippen LogP contribution in [0, 0.1) is 5.92 Å². The quantitative estimate of drug-likeness (QED) is 0.894. The second kappa shape index (κ2) is 5.84. The second-order valence-electron chi connectivity index (χ2n) is 4.84. The second-order valence-corrected chi connectivity index (χ2v) is 4.84. The average Bonchev–Trinajstić information content (AvgIpc) is 2.87. The van der Waals surface area contributed by atoms with Gasteiger partial charge in [-0.3, -0.25) is 0 Å². The summed E-state index contributed by atoms with van der Waals surface area (Å²) in [5.41, 5.74) is 7.07. The van der Waals surface area contributed by atoms with Gasteiger partial charge >= 0.3 is 0 Å². The third-order valence-corrected chi connectivity index (χ3v) is 3.01. The molecule has 1 aromatic carbocycles. The number of nitrogens with two attached hydrogens (primary N) is 1. The number of aromatic nitrogens is 2. The highest BCUT2D eigenvalue weighted by molar-refractivity contribution is 5.28. The Balaban J connectivity index is 2.06. The third-order valence-electron chi connectivity index (χ3n) is 3.01. The van der Waals surface area contributed by atoms with Crippen molar-refractivity contribution < 1.29 is 9.26 Å². The van der Waals surface area contributed by atoms with Crippen molar-refractivity contribution in [2.24, 2.45) is 11.7 Å². The number of ether oxygens (including phenoxy) is 1. The highest BCUT2D eigenvalue weighted by atomic mass is 16.5. The van der Waals surface area contributed by atoms with Crippen LogP contribution in [0.2, 0.25) is 0 Å². The van der Waals surface area contributed by atoms with E-state index in [1.54, 1.807) is 7.11 Å². The standard InChI is InChI=1S/C14H19N3O2/c1-9(2)13(15)14-16-12(19-17-14)8-10-4-6-11(18-3)7-5-10/h4-7,9,13H,8,15H2,1-3H3. The van der Waals surface area contributed by atoms with Gasteiger partial charge in [-0.2, -0.15) is 4.98 Å². The maximum atomic E-state index is 5.98. The van der Waals surface area contributed by atoms with Gasteiger partial charge < -0.3 is 15.0 Å². The van der Waals surface area contributed by atoms with E-state index in [0.29, 0.717) is 18.1 Å². The van der Waals surface area contributed by atoms with Gasteiger partial charge in [-0.15, -0.1) is 0 Å². The average molecular weight is 261 g/mol. The predicted octanol–water partition coefficient (Wildman–Crippen LogP) is 2.32. The molecule has 1 atom stereocenters. The molecule has 0 saturated heterocycles. The van der Waals surface area contributed by atoms with Crippen LogP contribution in [-0.4, -0.2) is 17.3 Å². The summed E-state index contributed by atoms with van der Waals surface area (Å²) in [7, 11) is 1.65. The summed E-state index contributed by atoms with van der Waals surface area (Å²) < 4.78 is 10.3. The molecular weight excluding hydrogens is 242 g/mol. The molecule has 0 saturated carbocycles. The van der Waals surface area contributed by atoms with E-state index in [9.17, 15) is 0 Å². The van der Waals surface area contributed by atoms with Gasteiger partial charge in [0.2, 0.25) is 5.89 Å². The van der Waals surface area contributed by atoms with E-state index in [1.165, 1.54) is 0 Å². The Bertz CT molecular complexity index is 520. The summed E-state index contributed by atoms with van der Waals surface area (Å²) in [4.78, 5) is 4.34. The fourth-order valence-electron chi connectivity index (χ4n) is 1.69. The SMILES string of the molecule is COc1ccc(Cc2nc(C(N)C(C)C)no2)cc1. The van der Waals surface area contributed by atoms with E-state index in [0.717, 1.165) is 11.3 Å². The Kier molecular flexibility index (Phi) is 4.16. The van der Waals surface area contributed by atoms with Gasteiger partial charge in [-0.25, -0.2) is 0 Å². The first kappa shape index (κ1) is 13.5. The van der Waals surface area contributed by atoms with Crippen molar-refractivity contribution in [2.45, 2.75) is 26.3 Å². The van der Waals surface area contributed by atoms with Gasteiger partial charge in [-0.1, -0.05) is 31.1 Å². The molecule has 102 valence electrons. The molecule has 1 heterocycles. The van der Waals surface area contributed by atoms with Crippen LogP contribution in [0.5, 0.6) is 5.75 Å². The molecule has 5 nitrogen and oxygen atoms in total. The first-order chi connectivity index (χ1) is 9.10. The number of rotatable bonds is 5. The van der Waals surface area contributed by atoms with Crippen molar-refractivity contribution in [3.05, 3.63) is 41.5 Å². The molecule has 0 aliphatic rings. The monoisotopic (exact) mass is 261 g/mol. The molecule has 2 aromatic rings. The molecule has 1 unspecified atom stereocenters. The lowest BCUT2D eigenvalue weighted by molar-refractivity contribution is 0.368. The number of nitrogens with zero attached hydrogens (tertiary/aromatic N) is 2. The van der Waals surface area contributed by atoms with Crippen LogP contribution in [0.15, 0.2) is 28.8 Å². The molecule has 5 heteroatoms. The van der Waals surface area contributed by atoms with Crippen LogP contribution < -0.4 is 10.5 Å². The summed E-state index contributed by atoms with van der Waals surface area (Å²) in [6.45, 7) is 4.06. The molecule has 1 aromatic heterocycles. The predicted molar refractivity (Wildman–Crippen MR) is 71.9 cm³/mol. The molecule has 0 bridgehead atoms. The zero-order chi connectivity index (χ0) is 13.8. The minimum Gasteiger partial charge on any atom is -0.497 e. The number of benzene rings is 1. The molecule has 0 spiro atoms. The Morgan fingerprint density at radius 2 is 1.95 bits per heavy atom. The van der Waals surface area contributed by atoms with Crippen LogP contribution in [0.3, 0.4) is 0 Å². The summed E-state index contributed by atoms with van der Waals surface area (Å²) in [6.07, 6.45) is 0.599. The van der Waals surface area contributed by atoms with Crippen LogP contribution >= 0.6 is 0 Å². The maximum absolute atomic E-state index is 5.98. The highest BCUT2D eigenvalue weighted by Gasteiger charge is 2.17. The van der Waals surface area contributed by atoms with Crippen molar-refractivity contribution in [1.82, 2.24) is 10.1 Å².